The molecule has 0 N–H and O–H groups in total. The minimum Gasteiger partial charge on any atom is -0.495 e. The summed E-state index contributed by atoms with van der Waals surface area (Å²) < 4.78 is 33.7. The Labute approximate surface area is 146 Å². The molecule has 0 aromatic heterocycles. The fraction of sp³-hybridized carbons (Fsp3) is 0.294. The molecule has 0 bridgehead atoms. The van der Waals surface area contributed by atoms with Crippen molar-refractivity contribution >= 4 is 31.6 Å². The molecule has 0 unspecified atom stereocenters. The molecule has 4 nitrogen and oxygen atoms in total. The van der Waals surface area contributed by atoms with Gasteiger partial charge in [-0.2, -0.15) is 0 Å². The van der Waals surface area contributed by atoms with Crippen molar-refractivity contribution in [3.63, 3.8) is 0 Å². The van der Waals surface area contributed by atoms with E-state index in [1.807, 2.05) is 39.0 Å². The van der Waals surface area contributed by atoms with Crippen LogP contribution in [-0.4, -0.2) is 22.1 Å². The molecule has 2 rings (SSSR count). The maximum absolute atomic E-state index is 13.1. The van der Waals surface area contributed by atoms with E-state index in [2.05, 4.69) is 15.9 Å². The van der Waals surface area contributed by atoms with Crippen LogP contribution in [0.1, 0.15) is 18.1 Å². The average Bonchev–Trinajstić information content (AvgIpc) is 2.50. The molecule has 23 heavy (non-hydrogen) atoms. The van der Waals surface area contributed by atoms with Gasteiger partial charge in [-0.15, -0.1) is 0 Å². The highest BCUT2D eigenvalue weighted by atomic mass is 79.9. The highest BCUT2D eigenvalue weighted by Gasteiger charge is 2.28. The molecule has 0 aliphatic heterocycles. The number of anilines is 1. The highest BCUT2D eigenvalue weighted by molar-refractivity contribution is 9.10. The van der Waals surface area contributed by atoms with Gasteiger partial charge in [0.15, 0.2) is 0 Å². The zero-order valence-corrected chi connectivity index (χ0v) is 16.0. The van der Waals surface area contributed by atoms with Crippen molar-refractivity contribution in [2.75, 3.05) is 18.0 Å². The van der Waals surface area contributed by atoms with Crippen LogP contribution in [0.15, 0.2) is 45.8 Å². The lowest BCUT2D eigenvalue weighted by Gasteiger charge is -2.24. The van der Waals surface area contributed by atoms with Crippen LogP contribution in [0.5, 0.6) is 5.75 Å². The zero-order valence-electron chi connectivity index (χ0n) is 13.6. The summed E-state index contributed by atoms with van der Waals surface area (Å²) in [6, 6.07) is 10.8. The number of nitrogens with zero attached hydrogens (tertiary/aromatic N) is 1. The van der Waals surface area contributed by atoms with E-state index in [1.54, 1.807) is 18.2 Å². The van der Waals surface area contributed by atoms with Gasteiger partial charge in [0.05, 0.1) is 12.8 Å². The highest BCUT2D eigenvalue weighted by Crippen LogP contribution is 2.34. The number of benzene rings is 2. The summed E-state index contributed by atoms with van der Waals surface area (Å²) in [4.78, 5) is 0.154. The normalized spacial score (nSPS) is 11.3. The second-order valence-corrected chi connectivity index (χ2v) is 7.95. The molecule has 0 saturated carbocycles. The summed E-state index contributed by atoms with van der Waals surface area (Å²) >= 11 is 3.40. The Kier molecular flexibility index (Phi) is 5.37. The minimum absolute atomic E-state index is 0.154. The van der Waals surface area contributed by atoms with Crippen molar-refractivity contribution in [3.05, 3.63) is 52.0 Å². The van der Waals surface area contributed by atoms with Crippen LogP contribution in [0.25, 0.3) is 0 Å². The van der Waals surface area contributed by atoms with Gasteiger partial charge < -0.3 is 4.74 Å². The maximum Gasteiger partial charge on any atom is 0.268 e. The van der Waals surface area contributed by atoms with Crippen LogP contribution in [0.4, 0.5) is 5.69 Å². The number of halogens is 1. The summed E-state index contributed by atoms with van der Waals surface area (Å²) in [6.45, 7) is 5.98. The van der Waals surface area contributed by atoms with Crippen molar-refractivity contribution in [1.82, 2.24) is 0 Å². The molecule has 0 saturated heterocycles. The number of ether oxygens (including phenoxy) is 1. The van der Waals surface area contributed by atoms with Crippen LogP contribution in [-0.2, 0) is 10.0 Å². The summed E-state index contributed by atoms with van der Waals surface area (Å²) in [5.74, 6) is 0.344. The van der Waals surface area contributed by atoms with Gasteiger partial charge >= 0.3 is 0 Å². The second kappa shape index (κ2) is 6.93. The molecule has 0 spiro atoms. The summed E-state index contributed by atoms with van der Waals surface area (Å²) in [5, 5.41) is 0. The molecule has 0 radical (unpaired) electrons. The lowest BCUT2D eigenvalue weighted by atomic mass is 10.2. The quantitative estimate of drug-likeness (QED) is 0.755. The molecule has 0 heterocycles. The lowest BCUT2D eigenvalue weighted by molar-refractivity contribution is 0.402. The van der Waals surface area contributed by atoms with Gasteiger partial charge in [0, 0.05) is 11.0 Å². The number of aryl methyl sites for hydroxylation is 2. The summed E-state index contributed by atoms with van der Waals surface area (Å²) in [5.41, 5.74) is 2.57. The number of methoxy groups -OCH3 is 1. The topological polar surface area (TPSA) is 46.6 Å². The van der Waals surface area contributed by atoms with Crippen LogP contribution in [0.2, 0.25) is 0 Å². The molecule has 0 fully saturated rings. The molecule has 0 aliphatic rings. The van der Waals surface area contributed by atoms with Crippen molar-refractivity contribution in [2.45, 2.75) is 25.7 Å². The predicted octanol–water partition coefficient (Wildman–Crippen LogP) is 4.29. The molecular formula is C17H20BrNO3S. The monoisotopic (exact) mass is 397 g/mol. The minimum atomic E-state index is -3.72. The third kappa shape index (κ3) is 3.53. The van der Waals surface area contributed by atoms with Crippen molar-refractivity contribution in [1.29, 1.82) is 0 Å². The van der Waals surface area contributed by atoms with Gasteiger partial charge in [-0.05, 0) is 56.2 Å². The molecule has 2 aromatic rings. The van der Waals surface area contributed by atoms with E-state index in [9.17, 15) is 8.42 Å². The average molecular weight is 398 g/mol. The van der Waals surface area contributed by atoms with Crippen LogP contribution in [0, 0.1) is 13.8 Å². The molecule has 0 aliphatic carbocycles. The lowest BCUT2D eigenvalue weighted by Crippen LogP contribution is -2.31. The Morgan fingerprint density at radius 1 is 1.17 bits per heavy atom. The Balaban J connectivity index is 2.62. The standard InChI is InChI=1S/C17H20BrNO3S/c1-5-19(14-8-6-7-12(2)9-14)23(20,21)17-11-15(18)13(3)10-16(17)22-4/h6-11H,5H2,1-4H3. The third-order valence-electron chi connectivity index (χ3n) is 3.59. The first-order valence-corrected chi connectivity index (χ1v) is 9.48. The smallest absolute Gasteiger partial charge is 0.268 e. The first-order chi connectivity index (χ1) is 10.8. The Morgan fingerprint density at radius 3 is 2.43 bits per heavy atom. The number of hydrogen-bond donors (Lipinski definition) is 0. The SMILES string of the molecule is CCN(c1cccc(C)c1)S(=O)(=O)c1cc(Br)c(C)cc1OC. The Bertz CT molecular complexity index is 819. The fourth-order valence-electron chi connectivity index (χ4n) is 2.39. The number of hydrogen-bond acceptors (Lipinski definition) is 3. The van der Waals surface area contributed by atoms with Crippen molar-refractivity contribution in [3.8, 4) is 5.75 Å². The van der Waals surface area contributed by atoms with E-state index in [-0.39, 0.29) is 4.90 Å². The molecular weight excluding hydrogens is 378 g/mol. The maximum atomic E-state index is 13.1. The molecule has 124 valence electrons. The van der Waals surface area contributed by atoms with Gasteiger partial charge in [0.25, 0.3) is 10.0 Å². The van der Waals surface area contributed by atoms with Crippen LogP contribution in [0.3, 0.4) is 0 Å². The first kappa shape index (κ1) is 17.8. The predicted molar refractivity (Wildman–Crippen MR) is 96.8 cm³/mol. The summed E-state index contributed by atoms with van der Waals surface area (Å²) in [7, 11) is -2.25. The van der Waals surface area contributed by atoms with Gasteiger partial charge in [0.2, 0.25) is 0 Å². The summed E-state index contributed by atoms with van der Waals surface area (Å²) in [6.07, 6.45) is 0. The number of rotatable bonds is 5. The van der Waals surface area contributed by atoms with E-state index < -0.39 is 10.0 Å². The molecule has 2 aromatic carbocycles. The molecule has 6 heteroatoms. The molecule has 0 atom stereocenters. The van der Waals surface area contributed by atoms with Gasteiger partial charge in [-0.25, -0.2) is 8.42 Å². The second-order valence-electron chi connectivity index (χ2n) is 5.26. The van der Waals surface area contributed by atoms with Crippen LogP contribution >= 0.6 is 15.9 Å². The first-order valence-electron chi connectivity index (χ1n) is 7.24. The van der Waals surface area contributed by atoms with E-state index >= 15 is 0 Å². The van der Waals surface area contributed by atoms with E-state index in [1.165, 1.54) is 11.4 Å². The third-order valence-corrected chi connectivity index (χ3v) is 6.37. The largest absolute Gasteiger partial charge is 0.495 e. The van der Waals surface area contributed by atoms with Crippen LogP contribution < -0.4 is 9.04 Å². The molecule has 0 amide bonds. The number of sulfonamides is 1. The Hall–Kier alpha value is -1.53. The van der Waals surface area contributed by atoms with Gasteiger partial charge in [-0.1, -0.05) is 28.1 Å². The Morgan fingerprint density at radius 2 is 1.87 bits per heavy atom. The van der Waals surface area contributed by atoms with Gasteiger partial charge in [-0.3, -0.25) is 4.31 Å². The van der Waals surface area contributed by atoms with E-state index in [0.29, 0.717) is 18.0 Å². The zero-order chi connectivity index (χ0) is 17.2. The van der Waals surface area contributed by atoms with Crippen molar-refractivity contribution < 1.29 is 13.2 Å². The fourth-order valence-corrected chi connectivity index (χ4v) is 4.52. The van der Waals surface area contributed by atoms with E-state index in [4.69, 9.17) is 4.74 Å². The van der Waals surface area contributed by atoms with E-state index in [0.717, 1.165) is 15.6 Å². The van der Waals surface area contributed by atoms with Gasteiger partial charge in [0.1, 0.15) is 10.6 Å². The van der Waals surface area contributed by atoms with Crippen molar-refractivity contribution in [2.24, 2.45) is 0 Å².